The molecule has 0 saturated carbocycles. The van der Waals surface area contributed by atoms with Crippen molar-refractivity contribution in [1.29, 1.82) is 0 Å². The number of ether oxygens (including phenoxy) is 1. The van der Waals surface area contributed by atoms with E-state index in [1.165, 1.54) is 13.2 Å². The van der Waals surface area contributed by atoms with Crippen LogP contribution in [0.2, 0.25) is 0 Å². The Morgan fingerprint density at radius 2 is 2.00 bits per heavy atom. The average Bonchev–Trinajstić information content (AvgIpc) is 2.32. The van der Waals surface area contributed by atoms with Gasteiger partial charge in [-0.25, -0.2) is 9.40 Å². The van der Waals surface area contributed by atoms with Crippen LogP contribution in [0.5, 0.6) is 5.75 Å². The van der Waals surface area contributed by atoms with Gasteiger partial charge in [-0.05, 0) is 17.7 Å². The highest BCUT2D eigenvalue weighted by Crippen LogP contribution is 2.18. The zero-order chi connectivity index (χ0) is 12.3. The predicted molar refractivity (Wildman–Crippen MR) is 64.0 cm³/mol. The molecule has 5 heteroatoms. The normalized spacial score (nSPS) is 18.3. The van der Waals surface area contributed by atoms with E-state index in [2.05, 4.69) is 4.90 Å². The molecule has 2 N–H and O–H groups in total. The Morgan fingerprint density at radius 3 is 2.59 bits per heavy atom. The Balaban J connectivity index is 1.97. The Bertz CT molecular complexity index is 378. The number of piperazine rings is 1. The fourth-order valence-corrected chi connectivity index (χ4v) is 1.99. The molecule has 1 aromatic rings. The third kappa shape index (κ3) is 3.15. The lowest BCUT2D eigenvalue weighted by molar-refractivity contribution is 0.128. The van der Waals surface area contributed by atoms with Crippen LogP contribution in [0.4, 0.5) is 4.39 Å². The van der Waals surface area contributed by atoms with Crippen LogP contribution < -0.4 is 10.6 Å². The minimum Gasteiger partial charge on any atom is -0.494 e. The maximum Gasteiger partial charge on any atom is 0.165 e. The number of benzene rings is 1. The molecule has 2 rings (SSSR count). The molecule has 94 valence electrons. The van der Waals surface area contributed by atoms with E-state index in [1.54, 1.807) is 6.07 Å². The lowest BCUT2D eigenvalue weighted by atomic mass is 10.2. The first-order valence-electron chi connectivity index (χ1n) is 5.73. The third-order valence-corrected chi connectivity index (χ3v) is 3.03. The van der Waals surface area contributed by atoms with Crippen LogP contribution in [0.25, 0.3) is 0 Å². The summed E-state index contributed by atoms with van der Waals surface area (Å²) in [4.78, 5) is 2.27. The molecule has 0 aliphatic carbocycles. The average molecular weight is 239 g/mol. The smallest absolute Gasteiger partial charge is 0.165 e. The molecular weight excluding hydrogens is 221 g/mol. The quantitative estimate of drug-likeness (QED) is 0.793. The molecule has 1 aliphatic heterocycles. The summed E-state index contributed by atoms with van der Waals surface area (Å²) in [6, 6.07) is 5.11. The number of hydrazine groups is 1. The van der Waals surface area contributed by atoms with Crippen molar-refractivity contribution in [3.63, 3.8) is 0 Å². The number of methoxy groups -OCH3 is 1. The molecule has 0 aromatic heterocycles. The summed E-state index contributed by atoms with van der Waals surface area (Å²) in [7, 11) is 1.47. The van der Waals surface area contributed by atoms with Crippen LogP contribution >= 0.6 is 0 Å². The molecule has 4 nitrogen and oxygen atoms in total. The Kier molecular flexibility index (Phi) is 3.93. The molecule has 1 fully saturated rings. The van der Waals surface area contributed by atoms with Gasteiger partial charge in [0.25, 0.3) is 0 Å². The summed E-state index contributed by atoms with van der Waals surface area (Å²) < 4.78 is 18.4. The highest BCUT2D eigenvalue weighted by Gasteiger charge is 2.14. The van der Waals surface area contributed by atoms with Crippen molar-refractivity contribution in [3.05, 3.63) is 29.6 Å². The monoisotopic (exact) mass is 239 g/mol. The minimum atomic E-state index is -0.303. The van der Waals surface area contributed by atoms with Gasteiger partial charge >= 0.3 is 0 Å². The number of hydrogen-bond acceptors (Lipinski definition) is 4. The summed E-state index contributed by atoms with van der Waals surface area (Å²) in [6.45, 7) is 4.32. The van der Waals surface area contributed by atoms with E-state index in [4.69, 9.17) is 10.6 Å². The van der Waals surface area contributed by atoms with Crippen LogP contribution in [-0.2, 0) is 6.54 Å². The van der Waals surface area contributed by atoms with Crippen molar-refractivity contribution < 1.29 is 9.13 Å². The molecule has 0 atom stereocenters. The first kappa shape index (κ1) is 12.3. The molecular formula is C12H18FN3O. The van der Waals surface area contributed by atoms with Crippen molar-refractivity contribution in [3.8, 4) is 5.75 Å². The van der Waals surface area contributed by atoms with Crippen LogP contribution in [0.15, 0.2) is 18.2 Å². The molecule has 17 heavy (non-hydrogen) atoms. The molecule has 1 heterocycles. The maximum absolute atomic E-state index is 13.5. The fourth-order valence-electron chi connectivity index (χ4n) is 1.99. The lowest BCUT2D eigenvalue weighted by Gasteiger charge is -2.31. The van der Waals surface area contributed by atoms with E-state index in [1.807, 2.05) is 11.1 Å². The van der Waals surface area contributed by atoms with Crippen LogP contribution in [-0.4, -0.2) is 43.2 Å². The van der Waals surface area contributed by atoms with Gasteiger partial charge in [0, 0.05) is 32.7 Å². The predicted octanol–water partition coefficient (Wildman–Crippen LogP) is 0.826. The van der Waals surface area contributed by atoms with Gasteiger partial charge in [-0.2, -0.15) is 0 Å². The molecule has 0 bridgehead atoms. The number of hydrogen-bond donors (Lipinski definition) is 1. The van der Waals surface area contributed by atoms with Crippen molar-refractivity contribution in [2.75, 3.05) is 33.3 Å². The largest absolute Gasteiger partial charge is 0.494 e. The molecule has 0 unspecified atom stereocenters. The zero-order valence-corrected chi connectivity index (χ0v) is 10.0. The fraction of sp³-hybridized carbons (Fsp3) is 0.500. The second-order valence-corrected chi connectivity index (χ2v) is 4.28. The summed E-state index contributed by atoms with van der Waals surface area (Å²) in [5, 5.41) is 1.81. The number of nitrogens with two attached hydrogens (primary N) is 1. The number of nitrogens with zero attached hydrogens (tertiary/aromatic N) is 2. The molecule has 1 aromatic carbocycles. The van der Waals surface area contributed by atoms with Crippen LogP contribution in [0.1, 0.15) is 5.56 Å². The van der Waals surface area contributed by atoms with Crippen molar-refractivity contribution >= 4 is 0 Å². The summed E-state index contributed by atoms with van der Waals surface area (Å²) >= 11 is 0. The Hall–Kier alpha value is -1.17. The first-order valence-corrected chi connectivity index (χ1v) is 5.73. The SMILES string of the molecule is COc1ccc(CN2CCN(N)CC2)cc1F. The summed E-state index contributed by atoms with van der Waals surface area (Å²) in [5.41, 5.74) is 0.966. The summed E-state index contributed by atoms with van der Waals surface area (Å²) in [6.07, 6.45) is 0. The van der Waals surface area contributed by atoms with Gasteiger partial charge in [0.05, 0.1) is 7.11 Å². The second-order valence-electron chi connectivity index (χ2n) is 4.28. The lowest BCUT2D eigenvalue weighted by Crippen LogP contribution is -2.48. The zero-order valence-electron chi connectivity index (χ0n) is 10.0. The molecule has 0 amide bonds. The van der Waals surface area contributed by atoms with E-state index >= 15 is 0 Å². The van der Waals surface area contributed by atoms with Crippen LogP contribution in [0.3, 0.4) is 0 Å². The van der Waals surface area contributed by atoms with E-state index < -0.39 is 0 Å². The molecule has 0 radical (unpaired) electrons. The van der Waals surface area contributed by atoms with Gasteiger partial charge in [-0.15, -0.1) is 0 Å². The topological polar surface area (TPSA) is 41.7 Å². The van der Waals surface area contributed by atoms with Crippen molar-refractivity contribution in [1.82, 2.24) is 9.91 Å². The molecule has 1 saturated heterocycles. The third-order valence-electron chi connectivity index (χ3n) is 3.03. The maximum atomic E-state index is 13.5. The minimum absolute atomic E-state index is 0.292. The van der Waals surface area contributed by atoms with E-state index in [-0.39, 0.29) is 5.82 Å². The van der Waals surface area contributed by atoms with E-state index in [9.17, 15) is 4.39 Å². The second kappa shape index (κ2) is 5.44. The Morgan fingerprint density at radius 1 is 1.29 bits per heavy atom. The Labute approximate surface area is 101 Å². The van der Waals surface area contributed by atoms with Crippen LogP contribution in [0, 0.1) is 5.82 Å². The van der Waals surface area contributed by atoms with Crippen molar-refractivity contribution in [2.45, 2.75) is 6.54 Å². The molecule has 1 aliphatic rings. The van der Waals surface area contributed by atoms with Gasteiger partial charge in [-0.1, -0.05) is 6.07 Å². The summed E-state index contributed by atoms with van der Waals surface area (Å²) in [5.74, 6) is 5.67. The van der Waals surface area contributed by atoms with Gasteiger partial charge in [0.1, 0.15) is 0 Å². The van der Waals surface area contributed by atoms with Gasteiger partial charge in [0.2, 0.25) is 0 Å². The van der Waals surface area contributed by atoms with E-state index in [0.29, 0.717) is 5.75 Å². The number of rotatable bonds is 3. The van der Waals surface area contributed by atoms with E-state index in [0.717, 1.165) is 38.3 Å². The van der Waals surface area contributed by atoms with Gasteiger partial charge in [-0.3, -0.25) is 10.7 Å². The van der Waals surface area contributed by atoms with Gasteiger partial charge < -0.3 is 4.74 Å². The molecule has 0 spiro atoms. The first-order chi connectivity index (χ1) is 8.19. The van der Waals surface area contributed by atoms with Gasteiger partial charge in [0.15, 0.2) is 11.6 Å². The highest BCUT2D eigenvalue weighted by atomic mass is 19.1. The number of halogens is 1. The standard InChI is InChI=1S/C12H18FN3O/c1-17-12-3-2-10(8-11(12)13)9-15-4-6-16(14)7-5-15/h2-3,8H,4-7,9,14H2,1H3. The highest BCUT2D eigenvalue weighted by molar-refractivity contribution is 5.29. The van der Waals surface area contributed by atoms with Crippen molar-refractivity contribution in [2.24, 2.45) is 5.84 Å².